The van der Waals surface area contributed by atoms with E-state index in [9.17, 15) is 4.79 Å². The largest absolute Gasteiger partial charge is 0.324 e. The van der Waals surface area contributed by atoms with Crippen molar-refractivity contribution in [3.63, 3.8) is 0 Å². The van der Waals surface area contributed by atoms with Crippen molar-refractivity contribution in [2.45, 2.75) is 29.6 Å². The number of rotatable bonds is 8. The summed E-state index contributed by atoms with van der Waals surface area (Å²) in [6, 6.07) is 18.1. The van der Waals surface area contributed by atoms with Crippen molar-refractivity contribution >= 4 is 23.4 Å². The maximum atomic E-state index is 12.2. The van der Waals surface area contributed by atoms with Crippen LogP contribution >= 0.6 is 11.8 Å². The Morgan fingerprint density at radius 2 is 1.78 bits per heavy atom. The van der Waals surface area contributed by atoms with Crippen LogP contribution in [0.4, 0.5) is 5.69 Å². The molecule has 0 aliphatic rings. The Balaban J connectivity index is 1.98. The van der Waals surface area contributed by atoms with Gasteiger partial charge in [-0.1, -0.05) is 55.4 Å². The normalized spacial score (nSPS) is 10.7. The van der Waals surface area contributed by atoms with Gasteiger partial charge in [0.05, 0.1) is 12.2 Å². The minimum absolute atomic E-state index is 0.0321. The van der Waals surface area contributed by atoms with E-state index < -0.39 is 0 Å². The summed E-state index contributed by atoms with van der Waals surface area (Å²) in [5.74, 6) is 0.0321. The van der Waals surface area contributed by atoms with Gasteiger partial charge in [-0.2, -0.15) is 0 Å². The lowest BCUT2D eigenvalue weighted by Gasteiger charge is -2.16. The number of para-hydroxylation sites is 1. The second kappa shape index (κ2) is 9.38. The fraction of sp³-hybridized carbons (Fsp3) is 0.316. The molecule has 0 aliphatic carbocycles. The minimum atomic E-state index is 0.0321. The van der Waals surface area contributed by atoms with Crippen LogP contribution < -0.4 is 5.32 Å². The Labute approximate surface area is 143 Å². The highest BCUT2D eigenvalue weighted by Gasteiger charge is 2.10. The van der Waals surface area contributed by atoms with Crippen molar-refractivity contribution in [3.05, 3.63) is 54.6 Å². The monoisotopic (exact) mass is 328 g/mol. The van der Waals surface area contributed by atoms with E-state index in [1.165, 1.54) is 0 Å². The van der Waals surface area contributed by atoms with Gasteiger partial charge in [0.1, 0.15) is 0 Å². The minimum Gasteiger partial charge on any atom is -0.324 e. The zero-order valence-corrected chi connectivity index (χ0v) is 14.6. The molecule has 1 N–H and O–H groups in total. The van der Waals surface area contributed by atoms with Crippen LogP contribution in [0, 0.1) is 0 Å². The molecule has 0 unspecified atom stereocenters. The van der Waals surface area contributed by atoms with E-state index in [2.05, 4.69) is 29.3 Å². The number of carbonyl (C=O) groups is 1. The van der Waals surface area contributed by atoms with E-state index in [0.717, 1.165) is 34.9 Å². The molecule has 0 radical (unpaired) electrons. The molecular weight excluding hydrogens is 304 g/mol. The van der Waals surface area contributed by atoms with Crippen LogP contribution in [0.25, 0.3) is 0 Å². The summed E-state index contributed by atoms with van der Waals surface area (Å²) >= 11 is 1.66. The standard InChI is InChI=1S/C19H24N2OS/c1-3-4-14-21(2)15-19(22)20-17-12-8-9-13-18(17)23-16-10-6-5-7-11-16/h5-13H,3-4,14-15H2,1-2H3,(H,20,22). The van der Waals surface area contributed by atoms with Gasteiger partial charge in [0.25, 0.3) is 0 Å². The quantitative estimate of drug-likeness (QED) is 0.774. The molecule has 0 bridgehead atoms. The Bertz CT molecular complexity index is 616. The maximum absolute atomic E-state index is 12.2. The van der Waals surface area contributed by atoms with Crippen LogP contribution in [0.2, 0.25) is 0 Å². The predicted molar refractivity (Wildman–Crippen MR) is 98.0 cm³/mol. The average molecular weight is 328 g/mol. The zero-order chi connectivity index (χ0) is 16.5. The molecule has 0 saturated heterocycles. The Morgan fingerprint density at radius 3 is 2.52 bits per heavy atom. The molecule has 23 heavy (non-hydrogen) atoms. The van der Waals surface area contributed by atoms with Crippen molar-refractivity contribution < 1.29 is 4.79 Å². The molecule has 2 rings (SSSR count). The first-order valence-corrected chi connectivity index (χ1v) is 8.81. The van der Waals surface area contributed by atoms with Gasteiger partial charge in [0, 0.05) is 9.79 Å². The molecule has 0 aliphatic heterocycles. The molecule has 1 amide bonds. The molecule has 4 heteroatoms. The molecule has 0 aromatic heterocycles. The molecule has 3 nitrogen and oxygen atoms in total. The van der Waals surface area contributed by atoms with Gasteiger partial charge in [-0.15, -0.1) is 0 Å². The van der Waals surface area contributed by atoms with Crippen molar-refractivity contribution in [2.75, 3.05) is 25.5 Å². The first kappa shape index (κ1) is 17.6. The lowest BCUT2D eigenvalue weighted by Crippen LogP contribution is -2.31. The van der Waals surface area contributed by atoms with Gasteiger partial charge in [0.15, 0.2) is 0 Å². The van der Waals surface area contributed by atoms with Crippen molar-refractivity contribution in [1.29, 1.82) is 0 Å². The van der Waals surface area contributed by atoms with E-state index in [-0.39, 0.29) is 5.91 Å². The SMILES string of the molecule is CCCCN(C)CC(=O)Nc1ccccc1Sc1ccccc1. The summed E-state index contributed by atoms with van der Waals surface area (Å²) in [6.45, 7) is 3.53. The molecule has 0 saturated carbocycles. The first-order valence-electron chi connectivity index (χ1n) is 7.99. The molecule has 0 atom stereocenters. The van der Waals surface area contributed by atoms with Crippen molar-refractivity contribution in [3.8, 4) is 0 Å². The lowest BCUT2D eigenvalue weighted by atomic mass is 10.3. The smallest absolute Gasteiger partial charge is 0.238 e. The summed E-state index contributed by atoms with van der Waals surface area (Å²) in [5, 5.41) is 3.04. The van der Waals surface area contributed by atoms with Gasteiger partial charge in [-0.05, 0) is 44.3 Å². The highest BCUT2D eigenvalue weighted by atomic mass is 32.2. The Kier molecular flexibility index (Phi) is 7.17. The highest BCUT2D eigenvalue weighted by Crippen LogP contribution is 2.33. The third-order valence-electron chi connectivity index (χ3n) is 3.44. The van der Waals surface area contributed by atoms with Gasteiger partial charge in [-0.25, -0.2) is 0 Å². The van der Waals surface area contributed by atoms with E-state index in [4.69, 9.17) is 0 Å². The molecular formula is C19H24N2OS. The highest BCUT2D eigenvalue weighted by molar-refractivity contribution is 7.99. The first-order chi connectivity index (χ1) is 11.2. The molecule has 2 aromatic rings. The fourth-order valence-corrected chi connectivity index (χ4v) is 3.14. The fourth-order valence-electron chi connectivity index (χ4n) is 2.22. The van der Waals surface area contributed by atoms with Gasteiger partial charge in [0.2, 0.25) is 5.91 Å². The third kappa shape index (κ3) is 6.08. The molecule has 2 aromatic carbocycles. The predicted octanol–water partition coefficient (Wildman–Crippen LogP) is 4.51. The number of hydrogen-bond donors (Lipinski definition) is 1. The number of benzene rings is 2. The van der Waals surface area contributed by atoms with Crippen LogP contribution in [0.15, 0.2) is 64.4 Å². The Morgan fingerprint density at radius 1 is 1.09 bits per heavy atom. The second-order valence-electron chi connectivity index (χ2n) is 5.55. The van der Waals surface area contributed by atoms with E-state index in [1.54, 1.807) is 11.8 Å². The maximum Gasteiger partial charge on any atom is 0.238 e. The van der Waals surface area contributed by atoms with Crippen LogP contribution in [0.3, 0.4) is 0 Å². The molecule has 0 fully saturated rings. The molecule has 122 valence electrons. The van der Waals surface area contributed by atoms with E-state index in [0.29, 0.717) is 6.54 Å². The van der Waals surface area contributed by atoms with E-state index in [1.807, 2.05) is 49.5 Å². The van der Waals surface area contributed by atoms with Gasteiger partial charge in [-0.3, -0.25) is 9.69 Å². The summed E-state index contributed by atoms with van der Waals surface area (Å²) in [5.41, 5.74) is 0.871. The average Bonchev–Trinajstić information content (AvgIpc) is 2.55. The number of nitrogens with zero attached hydrogens (tertiary/aromatic N) is 1. The van der Waals surface area contributed by atoms with Crippen molar-refractivity contribution in [2.24, 2.45) is 0 Å². The van der Waals surface area contributed by atoms with Crippen LogP contribution in [-0.2, 0) is 4.79 Å². The molecule has 0 spiro atoms. The number of amides is 1. The zero-order valence-electron chi connectivity index (χ0n) is 13.8. The number of likely N-dealkylation sites (N-methyl/N-ethyl adjacent to an activating group) is 1. The number of anilines is 1. The summed E-state index contributed by atoms with van der Waals surface area (Å²) < 4.78 is 0. The Hall–Kier alpha value is -1.78. The summed E-state index contributed by atoms with van der Waals surface area (Å²) in [6.07, 6.45) is 2.26. The second-order valence-corrected chi connectivity index (χ2v) is 6.67. The van der Waals surface area contributed by atoms with Crippen LogP contribution in [0.5, 0.6) is 0 Å². The lowest BCUT2D eigenvalue weighted by molar-refractivity contribution is -0.117. The van der Waals surface area contributed by atoms with E-state index >= 15 is 0 Å². The number of nitrogens with one attached hydrogen (secondary N) is 1. The number of carbonyl (C=O) groups excluding carboxylic acids is 1. The van der Waals surface area contributed by atoms with Crippen LogP contribution in [0.1, 0.15) is 19.8 Å². The number of unbranched alkanes of at least 4 members (excludes halogenated alkanes) is 1. The van der Waals surface area contributed by atoms with Crippen molar-refractivity contribution in [1.82, 2.24) is 4.90 Å². The number of hydrogen-bond acceptors (Lipinski definition) is 3. The molecule has 0 heterocycles. The summed E-state index contributed by atoms with van der Waals surface area (Å²) in [4.78, 5) is 16.5. The topological polar surface area (TPSA) is 32.3 Å². The van der Waals surface area contributed by atoms with Gasteiger partial charge >= 0.3 is 0 Å². The summed E-state index contributed by atoms with van der Waals surface area (Å²) in [7, 11) is 1.99. The van der Waals surface area contributed by atoms with Gasteiger partial charge < -0.3 is 5.32 Å². The van der Waals surface area contributed by atoms with Crippen LogP contribution in [-0.4, -0.2) is 30.9 Å². The third-order valence-corrected chi connectivity index (χ3v) is 4.52.